The van der Waals surface area contributed by atoms with Gasteiger partial charge >= 0.3 is 11.9 Å². The molecule has 1 unspecified atom stereocenters. The van der Waals surface area contributed by atoms with Crippen LogP contribution in [-0.2, 0) is 37.7 Å². The Morgan fingerprint density at radius 3 is 2.28 bits per heavy atom. The van der Waals surface area contributed by atoms with Gasteiger partial charge in [-0.1, -0.05) is 34.1 Å². The number of ether oxygens (including phenoxy) is 2. The van der Waals surface area contributed by atoms with Gasteiger partial charge in [-0.3, -0.25) is 9.59 Å². The molecule has 0 aliphatic carbocycles. The lowest BCUT2D eigenvalue weighted by Crippen LogP contribution is -2.46. The Hall–Kier alpha value is -1.44. The van der Waals surface area contributed by atoms with Crippen LogP contribution in [0.2, 0.25) is 0 Å². The fraction of sp³-hybridized carbons (Fsp3) is 0.556. The molecule has 7 heteroatoms. The van der Waals surface area contributed by atoms with Gasteiger partial charge < -0.3 is 19.7 Å². The zero-order valence-electron chi connectivity index (χ0n) is 14.8. The first kappa shape index (κ1) is 21.6. The smallest absolute Gasteiger partial charge is 0.328 e. The minimum absolute atomic E-state index is 0.194. The molecule has 0 saturated heterocycles. The molecule has 140 valence electrons. The van der Waals surface area contributed by atoms with E-state index in [1.54, 1.807) is 32.0 Å². The zero-order valence-corrected chi connectivity index (χ0v) is 16.3. The SMILES string of the molecule is COC(=O)C(CCCBr)(C(=O)OC(C)C)c1ccc(CO)c(CO)c1. The summed E-state index contributed by atoms with van der Waals surface area (Å²) in [5, 5.41) is 19.5. The van der Waals surface area contributed by atoms with E-state index in [1.807, 2.05) is 0 Å². The van der Waals surface area contributed by atoms with Crippen LogP contribution in [0, 0.1) is 0 Å². The number of methoxy groups -OCH3 is 1. The lowest BCUT2D eigenvalue weighted by atomic mass is 9.75. The van der Waals surface area contributed by atoms with Crippen molar-refractivity contribution in [3.05, 3.63) is 34.9 Å². The van der Waals surface area contributed by atoms with Gasteiger partial charge in [-0.05, 0) is 43.4 Å². The van der Waals surface area contributed by atoms with Gasteiger partial charge in [0.1, 0.15) is 0 Å². The van der Waals surface area contributed by atoms with E-state index in [0.717, 1.165) is 0 Å². The minimum atomic E-state index is -1.62. The van der Waals surface area contributed by atoms with Crippen LogP contribution in [-0.4, -0.2) is 40.7 Å². The summed E-state index contributed by atoms with van der Waals surface area (Å²) in [7, 11) is 1.23. The van der Waals surface area contributed by atoms with Crippen LogP contribution in [0.25, 0.3) is 0 Å². The summed E-state index contributed by atoms with van der Waals surface area (Å²) in [5.74, 6) is -1.39. The van der Waals surface area contributed by atoms with Crippen LogP contribution < -0.4 is 0 Å². The second kappa shape index (κ2) is 9.89. The molecule has 0 aliphatic heterocycles. The molecule has 0 spiro atoms. The van der Waals surface area contributed by atoms with Gasteiger partial charge in [0.2, 0.25) is 0 Å². The standard InChI is InChI=1S/C18H25BrO6/c1-12(2)25-17(23)18(7-4-8-19,16(22)24-3)15-6-5-13(10-20)14(9-15)11-21/h5-6,9,12,20-21H,4,7-8,10-11H2,1-3H3. The van der Waals surface area contributed by atoms with E-state index in [-0.39, 0.29) is 19.6 Å². The lowest BCUT2D eigenvalue weighted by molar-refractivity contribution is -0.166. The monoisotopic (exact) mass is 416 g/mol. The van der Waals surface area contributed by atoms with E-state index in [9.17, 15) is 19.8 Å². The van der Waals surface area contributed by atoms with Gasteiger partial charge in [-0.25, -0.2) is 0 Å². The fourth-order valence-corrected chi connectivity index (χ4v) is 2.96. The van der Waals surface area contributed by atoms with Crippen LogP contribution in [0.4, 0.5) is 0 Å². The van der Waals surface area contributed by atoms with Crippen molar-refractivity contribution in [2.24, 2.45) is 0 Å². The molecule has 0 amide bonds. The van der Waals surface area contributed by atoms with Crippen molar-refractivity contribution >= 4 is 27.9 Å². The highest BCUT2D eigenvalue weighted by molar-refractivity contribution is 9.09. The highest BCUT2D eigenvalue weighted by Gasteiger charge is 2.50. The van der Waals surface area contributed by atoms with Crippen LogP contribution in [0.15, 0.2) is 18.2 Å². The van der Waals surface area contributed by atoms with Crippen molar-refractivity contribution in [2.75, 3.05) is 12.4 Å². The van der Waals surface area contributed by atoms with Gasteiger partial charge in [0, 0.05) is 5.33 Å². The molecule has 0 aliphatic rings. The third kappa shape index (κ3) is 4.80. The Morgan fingerprint density at radius 2 is 1.80 bits per heavy atom. The Morgan fingerprint density at radius 1 is 1.16 bits per heavy atom. The van der Waals surface area contributed by atoms with Crippen molar-refractivity contribution in [3.8, 4) is 0 Å². The maximum atomic E-state index is 12.9. The van der Waals surface area contributed by atoms with Crippen LogP contribution >= 0.6 is 15.9 Å². The number of esters is 2. The third-order valence-corrected chi connectivity index (χ3v) is 4.51. The first-order chi connectivity index (χ1) is 11.9. The average Bonchev–Trinajstić information content (AvgIpc) is 2.60. The number of alkyl halides is 1. The summed E-state index contributed by atoms with van der Waals surface area (Å²) in [5.41, 5.74) is -0.260. The molecule has 0 fully saturated rings. The number of aliphatic hydroxyl groups excluding tert-OH is 2. The van der Waals surface area contributed by atoms with Crippen molar-refractivity contribution < 1.29 is 29.3 Å². The highest BCUT2D eigenvalue weighted by Crippen LogP contribution is 2.35. The average molecular weight is 417 g/mol. The largest absolute Gasteiger partial charge is 0.468 e. The topological polar surface area (TPSA) is 93.1 Å². The fourth-order valence-electron chi connectivity index (χ4n) is 2.68. The molecule has 1 aromatic carbocycles. The van der Waals surface area contributed by atoms with E-state index in [4.69, 9.17) is 9.47 Å². The summed E-state index contributed by atoms with van der Waals surface area (Å²) in [6.45, 7) is 2.84. The maximum absolute atomic E-state index is 12.9. The quantitative estimate of drug-likeness (QED) is 0.364. The predicted octanol–water partition coefficient (Wildman–Crippen LogP) is 2.21. The normalized spacial score (nSPS) is 13.4. The number of carbonyl (C=O) groups excluding carboxylic acids is 2. The van der Waals surface area contributed by atoms with E-state index in [1.165, 1.54) is 7.11 Å². The summed E-state index contributed by atoms with van der Waals surface area (Å²) in [4.78, 5) is 25.6. The van der Waals surface area contributed by atoms with Crippen LogP contribution in [0.1, 0.15) is 43.4 Å². The number of aliphatic hydroxyl groups is 2. The van der Waals surface area contributed by atoms with E-state index >= 15 is 0 Å². The van der Waals surface area contributed by atoms with Gasteiger partial charge in [0.05, 0.1) is 26.4 Å². The Kier molecular flexibility index (Phi) is 8.55. The van der Waals surface area contributed by atoms with Crippen LogP contribution in [0.3, 0.4) is 0 Å². The zero-order chi connectivity index (χ0) is 19.0. The number of carbonyl (C=O) groups is 2. The minimum Gasteiger partial charge on any atom is -0.468 e. The second-order valence-corrected chi connectivity index (χ2v) is 6.74. The molecule has 1 atom stereocenters. The third-order valence-electron chi connectivity index (χ3n) is 3.95. The van der Waals surface area contributed by atoms with Gasteiger partial charge in [-0.15, -0.1) is 0 Å². The molecular weight excluding hydrogens is 392 g/mol. The molecule has 25 heavy (non-hydrogen) atoms. The Bertz CT molecular complexity index is 601. The van der Waals surface area contributed by atoms with Crippen molar-refractivity contribution in [3.63, 3.8) is 0 Å². The Labute approximate surface area is 156 Å². The van der Waals surface area contributed by atoms with Gasteiger partial charge in [0.15, 0.2) is 5.41 Å². The molecule has 0 radical (unpaired) electrons. The number of benzene rings is 1. The molecular formula is C18H25BrO6. The lowest BCUT2D eigenvalue weighted by Gasteiger charge is -2.30. The molecule has 0 heterocycles. The van der Waals surface area contributed by atoms with Crippen molar-refractivity contribution in [1.82, 2.24) is 0 Å². The summed E-state index contributed by atoms with van der Waals surface area (Å²) < 4.78 is 10.3. The Balaban J connectivity index is 3.56. The molecule has 2 N–H and O–H groups in total. The summed E-state index contributed by atoms with van der Waals surface area (Å²) in [6, 6.07) is 4.74. The van der Waals surface area contributed by atoms with E-state index in [2.05, 4.69) is 15.9 Å². The molecule has 0 aromatic heterocycles. The summed E-state index contributed by atoms with van der Waals surface area (Å²) in [6.07, 6.45) is 0.340. The van der Waals surface area contributed by atoms with Crippen molar-refractivity contribution in [1.29, 1.82) is 0 Å². The summed E-state index contributed by atoms with van der Waals surface area (Å²) >= 11 is 3.32. The molecule has 0 bridgehead atoms. The number of halogens is 1. The molecule has 6 nitrogen and oxygen atoms in total. The maximum Gasteiger partial charge on any atom is 0.328 e. The molecule has 1 rings (SSSR count). The number of rotatable bonds is 9. The van der Waals surface area contributed by atoms with E-state index in [0.29, 0.717) is 28.4 Å². The van der Waals surface area contributed by atoms with E-state index < -0.39 is 23.5 Å². The number of hydrogen-bond donors (Lipinski definition) is 2. The van der Waals surface area contributed by atoms with Gasteiger partial charge in [0.25, 0.3) is 0 Å². The van der Waals surface area contributed by atoms with Gasteiger partial charge in [-0.2, -0.15) is 0 Å². The van der Waals surface area contributed by atoms with Crippen LogP contribution in [0.5, 0.6) is 0 Å². The first-order valence-corrected chi connectivity index (χ1v) is 9.19. The number of hydrogen-bond acceptors (Lipinski definition) is 6. The first-order valence-electron chi connectivity index (χ1n) is 8.06. The second-order valence-electron chi connectivity index (χ2n) is 5.94. The van der Waals surface area contributed by atoms with Crippen molar-refractivity contribution in [2.45, 2.75) is 51.4 Å². The molecule has 0 saturated carbocycles. The highest BCUT2D eigenvalue weighted by atomic mass is 79.9. The predicted molar refractivity (Wildman–Crippen MR) is 96.2 cm³/mol. The molecule has 1 aromatic rings.